The third-order valence-corrected chi connectivity index (χ3v) is 3.27. The summed E-state index contributed by atoms with van der Waals surface area (Å²) in [5.74, 6) is 0.691. The molecule has 1 rings (SSSR count). The van der Waals surface area contributed by atoms with Gasteiger partial charge in [0.05, 0.1) is 5.69 Å². The Morgan fingerprint density at radius 1 is 1.41 bits per heavy atom. The first-order valence-electron chi connectivity index (χ1n) is 6.77. The molecule has 1 N–H and O–H groups in total. The highest BCUT2D eigenvalue weighted by Crippen LogP contribution is 2.12. The lowest BCUT2D eigenvalue weighted by atomic mass is 9.98. The van der Waals surface area contributed by atoms with Gasteiger partial charge in [-0.2, -0.15) is 5.10 Å². The van der Waals surface area contributed by atoms with Crippen LogP contribution in [0.3, 0.4) is 0 Å². The molecule has 0 aliphatic carbocycles. The Morgan fingerprint density at radius 2 is 2.12 bits per heavy atom. The second-order valence-corrected chi connectivity index (χ2v) is 5.24. The lowest BCUT2D eigenvalue weighted by molar-refractivity contribution is 0.375. The van der Waals surface area contributed by atoms with Crippen molar-refractivity contribution in [3.63, 3.8) is 0 Å². The average Bonchev–Trinajstić information content (AvgIpc) is 2.57. The van der Waals surface area contributed by atoms with Gasteiger partial charge in [-0.3, -0.25) is 4.68 Å². The maximum absolute atomic E-state index is 4.39. The zero-order valence-corrected chi connectivity index (χ0v) is 12.0. The third kappa shape index (κ3) is 4.50. The normalized spacial score (nSPS) is 13.3. The van der Waals surface area contributed by atoms with Gasteiger partial charge in [-0.15, -0.1) is 0 Å². The summed E-state index contributed by atoms with van der Waals surface area (Å²) < 4.78 is 2.01. The summed E-state index contributed by atoms with van der Waals surface area (Å²) in [6.07, 6.45) is 3.50. The summed E-state index contributed by atoms with van der Waals surface area (Å²) in [7, 11) is 2.03. The van der Waals surface area contributed by atoms with E-state index >= 15 is 0 Å². The number of aromatic nitrogens is 2. The molecule has 0 aliphatic rings. The minimum atomic E-state index is 0.616. The Labute approximate surface area is 106 Å². The standard InChI is InChI=1S/C14H27N3/c1-6-9-15-14(11(2)3)8-7-13-10-12(4)16-17(13)5/h10-11,14-15H,6-9H2,1-5H3. The zero-order valence-electron chi connectivity index (χ0n) is 12.0. The van der Waals surface area contributed by atoms with Gasteiger partial charge in [0.1, 0.15) is 0 Å². The molecule has 1 heterocycles. The van der Waals surface area contributed by atoms with E-state index in [1.165, 1.54) is 18.5 Å². The average molecular weight is 237 g/mol. The van der Waals surface area contributed by atoms with E-state index in [0.717, 1.165) is 18.7 Å². The van der Waals surface area contributed by atoms with Crippen molar-refractivity contribution in [1.82, 2.24) is 15.1 Å². The summed E-state index contributed by atoms with van der Waals surface area (Å²) in [4.78, 5) is 0. The Balaban J connectivity index is 2.48. The van der Waals surface area contributed by atoms with Crippen LogP contribution < -0.4 is 5.32 Å². The first-order valence-corrected chi connectivity index (χ1v) is 6.77. The fourth-order valence-corrected chi connectivity index (χ4v) is 2.20. The van der Waals surface area contributed by atoms with Gasteiger partial charge < -0.3 is 5.32 Å². The van der Waals surface area contributed by atoms with Crippen molar-refractivity contribution >= 4 is 0 Å². The van der Waals surface area contributed by atoms with Crippen molar-refractivity contribution in [2.24, 2.45) is 13.0 Å². The molecule has 0 saturated heterocycles. The van der Waals surface area contributed by atoms with Gasteiger partial charge in [0.15, 0.2) is 0 Å². The SMILES string of the molecule is CCCNC(CCc1cc(C)nn1C)C(C)C. The Bertz CT molecular complexity index is 328. The first kappa shape index (κ1) is 14.2. The predicted molar refractivity (Wildman–Crippen MR) is 73.2 cm³/mol. The number of nitrogens with zero attached hydrogens (tertiary/aromatic N) is 2. The van der Waals surface area contributed by atoms with Crippen LogP contribution in [0.2, 0.25) is 0 Å². The minimum Gasteiger partial charge on any atom is -0.314 e. The van der Waals surface area contributed by atoms with Crippen LogP contribution in [0.4, 0.5) is 0 Å². The van der Waals surface area contributed by atoms with E-state index in [1.807, 2.05) is 11.7 Å². The minimum absolute atomic E-state index is 0.616. The molecular formula is C14H27N3. The van der Waals surface area contributed by atoms with Crippen LogP contribution in [-0.4, -0.2) is 22.4 Å². The van der Waals surface area contributed by atoms with Crippen LogP contribution in [0.25, 0.3) is 0 Å². The van der Waals surface area contributed by atoms with Crippen molar-refractivity contribution < 1.29 is 0 Å². The lowest BCUT2D eigenvalue weighted by Gasteiger charge is -2.22. The fourth-order valence-electron chi connectivity index (χ4n) is 2.20. The van der Waals surface area contributed by atoms with Gasteiger partial charge in [0.25, 0.3) is 0 Å². The molecule has 3 heteroatoms. The molecule has 0 radical (unpaired) electrons. The van der Waals surface area contributed by atoms with Gasteiger partial charge in [-0.05, 0) is 44.7 Å². The largest absolute Gasteiger partial charge is 0.314 e. The van der Waals surface area contributed by atoms with Crippen LogP contribution in [0.5, 0.6) is 0 Å². The fraction of sp³-hybridized carbons (Fsp3) is 0.786. The molecule has 0 amide bonds. The van der Waals surface area contributed by atoms with Crippen molar-refractivity contribution in [2.75, 3.05) is 6.54 Å². The second-order valence-electron chi connectivity index (χ2n) is 5.24. The summed E-state index contributed by atoms with van der Waals surface area (Å²) >= 11 is 0. The maximum atomic E-state index is 4.39. The van der Waals surface area contributed by atoms with Crippen molar-refractivity contribution in [2.45, 2.75) is 53.0 Å². The highest BCUT2D eigenvalue weighted by atomic mass is 15.3. The molecule has 3 nitrogen and oxygen atoms in total. The number of hydrogen-bond acceptors (Lipinski definition) is 2. The molecule has 17 heavy (non-hydrogen) atoms. The van der Waals surface area contributed by atoms with E-state index in [-0.39, 0.29) is 0 Å². The molecule has 1 aromatic rings. The third-order valence-electron chi connectivity index (χ3n) is 3.27. The first-order chi connectivity index (χ1) is 8.04. The molecule has 0 aliphatic heterocycles. The zero-order chi connectivity index (χ0) is 12.8. The van der Waals surface area contributed by atoms with Crippen LogP contribution in [0.1, 0.15) is 45.0 Å². The number of rotatable bonds is 7. The van der Waals surface area contributed by atoms with E-state index in [9.17, 15) is 0 Å². The maximum Gasteiger partial charge on any atom is 0.0596 e. The summed E-state index contributed by atoms with van der Waals surface area (Å²) in [6, 6.07) is 2.81. The molecule has 0 aromatic carbocycles. The quantitative estimate of drug-likeness (QED) is 0.790. The molecule has 1 atom stereocenters. The van der Waals surface area contributed by atoms with Crippen molar-refractivity contribution in [3.8, 4) is 0 Å². The summed E-state index contributed by atoms with van der Waals surface area (Å²) in [6.45, 7) is 9.98. The van der Waals surface area contributed by atoms with Crippen LogP contribution >= 0.6 is 0 Å². The molecular weight excluding hydrogens is 210 g/mol. The predicted octanol–water partition coefficient (Wildman–Crippen LogP) is 2.69. The Hall–Kier alpha value is -0.830. The number of aryl methyl sites for hydroxylation is 3. The molecule has 1 unspecified atom stereocenters. The van der Waals surface area contributed by atoms with Crippen molar-refractivity contribution in [3.05, 3.63) is 17.5 Å². The number of nitrogens with one attached hydrogen (secondary N) is 1. The summed E-state index contributed by atoms with van der Waals surface area (Å²) in [5, 5.41) is 8.03. The summed E-state index contributed by atoms with van der Waals surface area (Å²) in [5.41, 5.74) is 2.46. The second kappa shape index (κ2) is 6.80. The monoisotopic (exact) mass is 237 g/mol. The Morgan fingerprint density at radius 3 is 2.59 bits per heavy atom. The van der Waals surface area contributed by atoms with Crippen LogP contribution in [0, 0.1) is 12.8 Å². The highest BCUT2D eigenvalue weighted by Gasteiger charge is 2.13. The van der Waals surface area contributed by atoms with E-state index in [2.05, 4.69) is 44.2 Å². The van der Waals surface area contributed by atoms with Crippen LogP contribution in [0.15, 0.2) is 6.07 Å². The molecule has 0 fully saturated rings. The molecule has 0 bridgehead atoms. The van der Waals surface area contributed by atoms with Crippen LogP contribution in [-0.2, 0) is 13.5 Å². The molecule has 1 aromatic heterocycles. The van der Waals surface area contributed by atoms with E-state index < -0.39 is 0 Å². The van der Waals surface area contributed by atoms with Gasteiger partial charge in [-0.1, -0.05) is 20.8 Å². The lowest BCUT2D eigenvalue weighted by Crippen LogP contribution is -2.34. The molecule has 0 saturated carbocycles. The van der Waals surface area contributed by atoms with Gasteiger partial charge in [-0.25, -0.2) is 0 Å². The highest BCUT2D eigenvalue weighted by molar-refractivity contribution is 5.08. The molecule has 0 spiro atoms. The number of hydrogen-bond donors (Lipinski definition) is 1. The van der Waals surface area contributed by atoms with Gasteiger partial charge in [0.2, 0.25) is 0 Å². The van der Waals surface area contributed by atoms with Gasteiger partial charge >= 0.3 is 0 Å². The molecule has 98 valence electrons. The smallest absolute Gasteiger partial charge is 0.0596 e. The van der Waals surface area contributed by atoms with E-state index in [1.54, 1.807) is 0 Å². The Kier molecular flexibility index (Phi) is 5.69. The topological polar surface area (TPSA) is 29.9 Å². The van der Waals surface area contributed by atoms with Crippen molar-refractivity contribution in [1.29, 1.82) is 0 Å². The van der Waals surface area contributed by atoms with E-state index in [0.29, 0.717) is 12.0 Å². The van der Waals surface area contributed by atoms with Gasteiger partial charge in [0, 0.05) is 18.8 Å². The van der Waals surface area contributed by atoms with E-state index in [4.69, 9.17) is 0 Å².